The van der Waals surface area contributed by atoms with Gasteiger partial charge < -0.3 is 0 Å². The molecule has 0 aromatic carbocycles. The number of rotatable bonds is 0. The summed E-state index contributed by atoms with van der Waals surface area (Å²) in [5.41, 5.74) is 0. The second-order valence-electron chi connectivity index (χ2n) is 0.448. The Hall–Kier alpha value is 3.64. The third-order valence-electron chi connectivity index (χ3n) is 0. The Bertz CT molecular complexity index is 104. The van der Waals surface area contributed by atoms with Crippen molar-refractivity contribution in [1.29, 1.82) is 0 Å². The van der Waals surface area contributed by atoms with Crippen LogP contribution in [0.25, 0.3) is 0 Å². The summed E-state index contributed by atoms with van der Waals surface area (Å²) in [6.45, 7) is 0. The molecule has 2 N–H and O–H groups in total. The number of hydrogen-bond acceptors (Lipinski definition) is 2. The molecule has 0 rings (SSSR count). The van der Waals surface area contributed by atoms with Gasteiger partial charge in [0.1, 0.15) is 0 Å². The molecule has 9 heavy (non-hydrogen) atoms. The molecule has 0 saturated carbocycles. The van der Waals surface area contributed by atoms with E-state index in [4.69, 9.17) is 17.5 Å². The predicted molar refractivity (Wildman–Crippen MR) is 45.6 cm³/mol. The van der Waals surface area contributed by atoms with E-state index in [0.29, 0.717) is 0 Å². The molecule has 0 aromatic rings. The van der Waals surface area contributed by atoms with Crippen molar-refractivity contribution in [2.45, 2.75) is 0 Å². The Kier molecular flexibility index (Phi) is 46.2. The topological polar surface area (TPSA) is 74.6 Å². The van der Waals surface area contributed by atoms with E-state index in [0.717, 1.165) is 0 Å². The first kappa shape index (κ1) is 29.3. The molecule has 0 radical (unpaired) electrons. The predicted octanol–water partition coefficient (Wildman–Crippen LogP) is -3.78. The molecule has 0 aliphatic carbocycles. The zero-order valence-electron chi connectivity index (χ0n) is 2.12. The summed E-state index contributed by atoms with van der Waals surface area (Å²) in [5.74, 6) is 0. The molecule has 0 fully saturated rings. The van der Waals surface area contributed by atoms with Crippen molar-refractivity contribution in [3.05, 3.63) is 0 Å². The van der Waals surface area contributed by atoms with Crippen LogP contribution >= 0.6 is 0 Å². The third kappa shape index (κ3) is 81.7. The molecule has 0 aliphatic rings. The van der Waals surface area contributed by atoms with Crippen molar-refractivity contribution in [2.24, 2.45) is 0 Å². The molecule has 0 amide bonds. The SMILES string of the molecule is O=S(=O)(O)O.[AlH3].[KH].[LiH].[NaH]. The van der Waals surface area contributed by atoms with Gasteiger partial charge in [-0.3, -0.25) is 9.11 Å². The van der Waals surface area contributed by atoms with Crippen LogP contribution in [0.3, 0.4) is 0 Å². The Morgan fingerprint density at radius 2 is 1.11 bits per heavy atom. The maximum absolute atomic E-state index is 8.74. The molecule has 0 aromatic heterocycles. The van der Waals surface area contributed by atoms with Gasteiger partial charge in [-0.2, -0.15) is 8.42 Å². The summed E-state index contributed by atoms with van der Waals surface area (Å²) in [5, 5.41) is 0. The standard InChI is InChI=1S/Al.K.Li.Na.H2O4S.6H/c;;;;1-5(2,3)4;;;;;;/h;;;;(H2,1,2,3,4);;;;;;. The molecule has 0 spiro atoms. The van der Waals surface area contributed by atoms with E-state index in [1.165, 1.54) is 0 Å². The first-order valence-corrected chi connectivity index (χ1v) is 2.10. The fourth-order valence-electron chi connectivity index (χ4n) is 0. The van der Waals surface area contributed by atoms with E-state index >= 15 is 0 Å². The first-order chi connectivity index (χ1) is 2.00. The van der Waals surface area contributed by atoms with Gasteiger partial charge in [0.25, 0.3) is 0 Å². The van der Waals surface area contributed by atoms with Crippen molar-refractivity contribution in [3.8, 4) is 0 Å². The normalized spacial score (nSPS) is 6.44. The van der Waals surface area contributed by atoms with Crippen LogP contribution in [0.2, 0.25) is 0 Å². The molecule has 0 bridgehead atoms. The van der Waals surface area contributed by atoms with Crippen molar-refractivity contribution < 1.29 is 17.5 Å². The van der Waals surface area contributed by atoms with Crippen LogP contribution in [0.5, 0.6) is 0 Å². The molecule has 0 heterocycles. The van der Waals surface area contributed by atoms with Crippen molar-refractivity contribution in [3.63, 3.8) is 0 Å². The van der Waals surface area contributed by atoms with Gasteiger partial charge in [-0.25, -0.2) is 0 Å². The van der Waals surface area contributed by atoms with E-state index in [1.807, 2.05) is 0 Å². The molecular weight excluding hydrogens is 192 g/mol. The van der Waals surface area contributed by atoms with Crippen molar-refractivity contribution >= 4 is 128 Å². The van der Waals surface area contributed by atoms with E-state index in [1.54, 1.807) is 0 Å². The quantitative estimate of drug-likeness (QED) is 0.311. The summed E-state index contributed by atoms with van der Waals surface area (Å²) in [7, 11) is -4.67. The molecule has 44 valence electrons. The van der Waals surface area contributed by atoms with Crippen LogP contribution in [-0.2, 0) is 10.4 Å². The van der Waals surface area contributed by atoms with E-state index in [2.05, 4.69) is 0 Å². The second-order valence-corrected chi connectivity index (χ2v) is 1.34. The van der Waals surface area contributed by atoms with Crippen molar-refractivity contribution in [2.75, 3.05) is 0 Å². The summed E-state index contributed by atoms with van der Waals surface area (Å²) in [4.78, 5) is 0. The van der Waals surface area contributed by atoms with Crippen LogP contribution in [0.4, 0.5) is 0 Å². The Morgan fingerprint density at radius 3 is 1.11 bits per heavy atom. The fraction of sp³-hybridized carbons (Fsp3) is 0. The van der Waals surface area contributed by atoms with Gasteiger partial charge in [-0.1, -0.05) is 0 Å². The van der Waals surface area contributed by atoms with Gasteiger partial charge in [0.2, 0.25) is 0 Å². The van der Waals surface area contributed by atoms with Gasteiger partial charge in [-0.15, -0.1) is 0 Å². The molecular formula is H8AlKLiNaO4S. The van der Waals surface area contributed by atoms with Gasteiger partial charge >= 0.3 is 110 Å². The van der Waals surface area contributed by atoms with Crippen LogP contribution in [0.15, 0.2) is 0 Å². The Morgan fingerprint density at radius 1 is 1.11 bits per heavy atom. The van der Waals surface area contributed by atoms with Crippen LogP contribution in [0.1, 0.15) is 0 Å². The zero-order chi connectivity index (χ0) is 4.50. The van der Waals surface area contributed by atoms with Gasteiger partial charge in [0.05, 0.1) is 0 Å². The van der Waals surface area contributed by atoms with Gasteiger partial charge in [0, 0.05) is 0 Å². The first-order valence-electron chi connectivity index (χ1n) is 0.698. The molecule has 0 saturated heterocycles. The fourth-order valence-corrected chi connectivity index (χ4v) is 0. The molecule has 4 nitrogen and oxygen atoms in total. The minimum absolute atomic E-state index is 0. The Balaban J connectivity index is -0.0000000133. The molecule has 9 heteroatoms. The average Bonchev–Trinajstić information content (AvgIpc) is 0.722. The van der Waals surface area contributed by atoms with Gasteiger partial charge in [-0.05, 0) is 0 Å². The van der Waals surface area contributed by atoms with Gasteiger partial charge in [0.15, 0.2) is 17.4 Å². The molecule has 0 atom stereocenters. The summed E-state index contributed by atoms with van der Waals surface area (Å²) >= 11 is 0. The minimum atomic E-state index is -4.67. The summed E-state index contributed by atoms with van der Waals surface area (Å²) in [6.07, 6.45) is 0. The molecule has 0 aliphatic heterocycles. The van der Waals surface area contributed by atoms with E-state index in [9.17, 15) is 0 Å². The van der Waals surface area contributed by atoms with Crippen LogP contribution in [-0.4, -0.2) is 135 Å². The summed E-state index contributed by atoms with van der Waals surface area (Å²) in [6, 6.07) is 0. The molecule has 0 unspecified atom stereocenters. The van der Waals surface area contributed by atoms with Crippen LogP contribution in [0, 0.1) is 0 Å². The monoisotopic (exact) mass is 200 g/mol. The average molecular weight is 200 g/mol. The third-order valence-corrected chi connectivity index (χ3v) is 0. The maximum atomic E-state index is 8.74. The van der Waals surface area contributed by atoms with Crippen molar-refractivity contribution in [1.82, 2.24) is 0 Å². The second kappa shape index (κ2) is 14.2. The summed E-state index contributed by atoms with van der Waals surface area (Å²) < 4.78 is 31.6. The number of hydrogen-bond donors (Lipinski definition) is 2. The van der Waals surface area contributed by atoms with E-state index < -0.39 is 10.4 Å². The Labute approximate surface area is 142 Å². The van der Waals surface area contributed by atoms with Crippen LogP contribution < -0.4 is 0 Å². The zero-order valence-corrected chi connectivity index (χ0v) is 2.94. The van der Waals surface area contributed by atoms with E-state index in [-0.39, 0.29) is 117 Å².